The first kappa shape index (κ1) is 13.9. The van der Waals surface area contributed by atoms with Crippen LogP contribution < -0.4 is 0 Å². The molecule has 0 aliphatic rings. The van der Waals surface area contributed by atoms with Crippen LogP contribution in [0.4, 0.5) is 8.78 Å². The average molecular weight is 264 g/mol. The lowest BCUT2D eigenvalue weighted by molar-refractivity contribution is 0.0682. The molecule has 0 bridgehead atoms. The van der Waals surface area contributed by atoms with Gasteiger partial charge in [0.1, 0.15) is 0 Å². The van der Waals surface area contributed by atoms with Crippen LogP contribution in [0.5, 0.6) is 0 Å². The van der Waals surface area contributed by atoms with Gasteiger partial charge in [-0.25, -0.2) is 8.78 Å². The van der Waals surface area contributed by atoms with E-state index >= 15 is 0 Å². The molecule has 1 atom stereocenters. The molecule has 0 saturated carbocycles. The van der Waals surface area contributed by atoms with Crippen LogP contribution in [0.25, 0.3) is 0 Å². The Labute approximate surface area is 103 Å². The van der Waals surface area contributed by atoms with Gasteiger partial charge in [-0.05, 0) is 19.1 Å². The summed E-state index contributed by atoms with van der Waals surface area (Å²) in [6.07, 6.45) is 0. The zero-order valence-electron chi connectivity index (χ0n) is 9.38. The molecule has 0 spiro atoms. The van der Waals surface area contributed by atoms with Gasteiger partial charge >= 0.3 is 0 Å². The summed E-state index contributed by atoms with van der Waals surface area (Å²) >= 11 is 5.67. The molecule has 0 aromatic heterocycles. The minimum atomic E-state index is -1.14. The predicted molar refractivity (Wildman–Crippen MR) is 60.0 cm³/mol. The maximum absolute atomic E-state index is 13.0. The Morgan fingerprint density at radius 3 is 2.53 bits per heavy atom. The average Bonchev–Trinajstić information content (AvgIpc) is 2.31. The third-order valence-electron chi connectivity index (χ3n) is 2.49. The molecule has 1 N–H and O–H groups in total. The molecule has 3 nitrogen and oxygen atoms in total. The van der Waals surface area contributed by atoms with E-state index in [1.54, 1.807) is 6.92 Å². The molecule has 1 aromatic rings. The molecule has 0 heterocycles. The number of carbonyl (C=O) groups is 1. The summed E-state index contributed by atoms with van der Waals surface area (Å²) in [5, 5.41) is 8.75. The number of benzene rings is 1. The van der Waals surface area contributed by atoms with Crippen LogP contribution in [-0.2, 0) is 0 Å². The number of carbonyl (C=O) groups excluding carboxylic acids is 1. The van der Waals surface area contributed by atoms with Crippen molar-refractivity contribution in [2.75, 3.05) is 13.7 Å². The second-order valence-corrected chi connectivity index (χ2v) is 4.10. The molecule has 1 unspecified atom stereocenters. The van der Waals surface area contributed by atoms with Gasteiger partial charge in [0.2, 0.25) is 0 Å². The highest BCUT2D eigenvalue weighted by atomic mass is 35.5. The fraction of sp³-hybridized carbons (Fsp3) is 0.364. The lowest BCUT2D eigenvalue weighted by Gasteiger charge is -2.23. The first-order chi connectivity index (χ1) is 7.88. The Bertz CT molecular complexity index is 440. The summed E-state index contributed by atoms with van der Waals surface area (Å²) in [6, 6.07) is 1.06. The van der Waals surface area contributed by atoms with Gasteiger partial charge in [-0.3, -0.25) is 4.79 Å². The highest BCUT2D eigenvalue weighted by molar-refractivity contribution is 6.33. The van der Waals surface area contributed by atoms with Crippen molar-refractivity contribution < 1.29 is 18.7 Å². The summed E-state index contributed by atoms with van der Waals surface area (Å²) in [5.41, 5.74) is -0.131. The van der Waals surface area contributed by atoms with E-state index in [1.165, 1.54) is 11.9 Å². The van der Waals surface area contributed by atoms with E-state index < -0.39 is 23.6 Å². The van der Waals surface area contributed by atoms with Crippen molar-refractivity contribution in [3.63, 3.8) is 0 Å². The number of hydrogen-bond donors (Lipinski definition) is 1. The molecule has 0 aliphatic heterocycles. The summed E-state index contributed by atoms with van der Waals surface area (Å²) in [6.45, 7) is 1.38. The molecule has 6 heteroatoms. The van der Waals surface area contributed by atoms with Crippen LogP contribution in [0.1, 0.15) is 17.3 Å². The van der Waals surface area contributed by atoms with Crippen molar-refractivity contribution in [2.24, 2.45) is 0 Å². The first-order valence-corrected chi connectivity index (χ1v) is 5.28. The van der Waals surface area contributed by atoms with Gasteiger partial charge in [-0.15, -0.1) is 0 Å². The van der Waals surface area contributed by atoms with E-state index in [9.17, 15) is 13.6 Å². The molecular weight excluding hydrogens is 252 g/mol. The highest BCUT2D eigenvalue weighted by Gasteiger charge is 2.21. The van der Waals surface area contributed by atoms with Crippen LogP contribution in [0, 0.1) is 11.6 Å². The second kappa shape index (κ2) is 5.42. The number of halogens is 3. The molecule has 1 aromatic carbocycles. The molecule has 1 rings (SSSR count). The normalized spacial score (nSPS) is 12.4. The van der Waals surface area contributed by atoms with Crippen molar-refractivity contribution in [3.05, 3.63) is 34.4 Å². The fourth-order valence-corrected chi connectivity index (χ4v) is 1.43. The zero-order chi connectivity index (χ0) is 13.2. The SMILES string of the molecule is CC(CO)N(C)C(=O)c1cc(F)c(F)cc1Cl. The fourth-order valence-electron chi connectivity index (χ4n) is 1.20. The maximum Gasteiger partial charge on any atom is 0.255 e. The van der Waals surface area contributed by atoms with Crippen molar-refractivity contribution in [1.29, 1.82) is 0 Å². The van der Waals surface area contributed by atoms with E-state index in [2.05, 4.69) is 0 Å². The highest BCUT2D eigenvalue weighted by Crippen LogP contribution is 2.21. The number of nitrogens with zero attached hydrogens (tertiary/aromatic N) is 1. The summed E-state index contributed by atoms with van der Waals surface area (Å²) in [7, 11) is 1.45. The van der Waals surface area contributed by atoms with Gasteiger partial charge in [-0.1, -0.05) is 11.6 Å². The summed E-state index contributed by atoms with van der Waals surface area (Å²) in [4.78, 5) is 13.1. The van der Waals surface area contributed by atoms with E-state index in [0.29, 0.717) is 0 Å². The van der Waals surface area contributed by atoms with Crippen molar-refractivity contribution in [2.45, 2.75) is 13.0 Å². The number of likely N-dealkylation sites (N-methyl/N-ethyl adjacent to an activating group) is 1. The van der Waals surface area contributed by atoms with Crippen molar-refractivity contribution in [1.82, 2.24) is 4.90 Å². The van der Waals surface area contributed by atoms with E-state index in [1.807, 2.05) is 0 Å². The lowest BCUT2D eigenvalue weighted by atomic mass is 10.1. The number of rotatable bonds is 3. The van der Waals surface area contributed by atoms with E-state index in [4.69, 9.17) is 16.7 Å². The molecular formula is C11H12ClF2NO2. The Morgan fingerprint density at radius 2 is 2.00 bits per heavy atom. The molecule has 0 fully saturated rings. The third kappa shape index (κ3) is 2.92. The smallest absolute Gasteiger partial charge is 0.255 e. The number of amides is 1. The summed E-state index contributed by atoms with van der Waals surface area (Å²) < 4.78 is 25.8. The molecule has 0 radical (unpaired) electrons. The van der Waals surface area contributed by atoms with Gasteiger partial charge in [0.05, 0.1) is 23.2 Å². The Balaban J connectivity index is 3.08. The minimum absolute atomic E-state index is 0.131. The number of aliphatic hydroxyl groups excluding tert-OH is 1. The molecule has 1 amide bonds. The van der Waals surface area contributed by atoms with Gasteiger partial charge in [0.15, 0.2) is 11.6 Å². The largest absolute Gasteiger partial charge is 0.394 e. The monoisotopic (exact) mass is 263 g/mol. The lowest BCUT2D eigenvalue weighted by Crippen LogP contribution is -2.37. The first-order valence-electron chi connectivity index (χ1n) is 4.91. The quantitative estimate of drug-likeness (QED) is 0.848. The predicted octanol–water partition coefficient (Wildman–Crippen LogP) is 2.07. The summed E-state index contributed by atoms with van der Waals surface area (Å²) in [5.74, 6) is -2.82. The Morgan fingerprint density at radius 1 is 1.47 bits per heavy atom. The minimum Gasteiger partial charge on any atom is -0.394 e. The Hall–Kier alpha value is -1.20. The van der Waals surface area contributed by atoms with Crippen molar-refractivity contribution in [3.8, 4) is 0 Å². The third-order valence-corrected chi connectivity index (χ3v) is 2.80. The number of hydrogen-bond acceptors (Lipinski definition) is 2. The van der Waals surface area contributed by atoms with E-state index in [0.717, 1.165) is 12.1 Å². The topological polar surface area (TPSA) is 40.5 Å². The van der Waals surface area contributed by atoms with Gasteiger partial charge in [0, 0.05) is 7.05 Å². The van der Waals surface area contributed by atoms with E-state index in [-0.39, 0.29) is 17.2 Å². The molecule has 17 heavy (non-hydrogen) atoms. The van der Waals surface area contributed by atoms with Gasteiger partial charge in [-0.2, -0.15) is 0 Å². The zero-order valence-corrected chi connectivity index (χ0v) is 10.1. The number of aliphatic hydroxyl groups is 1. The van der Waals surface area contributed by atoms with Gasteiger partial charge in [0.25, 0.3) is 5.91 Å². The molecule has 0 aliphatic carbocycles. The van der Waals surface area contributed by atoms with Crippen LogP contribution in [0.3, 0.4) is 0 Å². The van der Waals surface area contributed by atoms with Crippen LogP contribution >= 0.6 is 11.6 Å². The second-order valence-electron chi connectivity index (χ2n) is 3.69. The molecule has 94 valence electrons. The van der Waals surface area contributed by atoms with Gasteiger partial charge < -0.3 is 10.0 Å². The van der Waals surface area contributed by atoms with Crippen LogP contribution in [0.15, 0.2) is 12.1 Å². The maximum atomic E-state index is 13.0. The standard InChI is InChI=1S/C11H12ClF2NO2/c1-6(5-16)15(2)11(17)7-3-9(13)10(14)4-8(7)12/h3-4,6,16H,5H2,1-2H3. The van der Waals surface area contributed by atoms with Crippen molar-refractivity contribution >= 4 is 17.5 Å². The Kier molecular flexibility index (Phi) is 4.42. The van der Waals surface area contributed by atoms with Crippen LogP contribution in [-0.4, -0.2) is 35.6 Å². The molecule has 0 saturated heterocycles. The van der Waals surface area contributed by atoms with Crippen LogP contribution in [0.2, 0.25) is 5.02 Å².